The third-order valence-electron chi connectivity index (χ3n) is 6.16. The molecule has 6 rings (SSSR count). The first-order valence-corrected chi connectivity index (χ1v) is 12.7. The van der Waals surface area contributed by atoms with Crippen molar-refractivity contribution in [2.75, 3.05) is 11.9 Å². The Hall–Kier alpha value is -3.97. The van der Waals surface area contributed by atoms with Crippen LogP contribution in [0.1, 0.15) is 28.1 Å². The van der Waals surface area contributed by atoms with E-state index in [9.17, 15) is 4.79 Å². The monoisotopic (exact) mass is 479 g/mol. The van der Waals surface area contributed by atoms with Gasteiger partial charge in [-0.2, -0.15) is 0 Å². The van der Waals surface area contributed by atoms with Crippen molar-refractivity contribution < 1.29 is 4.79 Å². The summed E-state index contributed by atoms with van der Waals surface area (Å²) < 4.78 is 2.09. The molecule has 1 aliphatic rings. The minimum atomic E-state index is -0.00927. The minimum Gasteiger partial charge on any atom is -0.367 e. The van der Waals surface area contributed by atoms with Gasteiger partial charge in [-0.25, -0.2) is 9.97 Å². The molecule has 6 nitrogen and oxygen atoms in total. The fourth-order valence-corrected chi connectivity index (χ4v) is 4.83. The molecule has 0 saturated heterocycles. The number of hydrogen-bond acceptors (Lipinski definition) is 5. The Kier molecular flexibility index (Phi) is 5.76. The highest BCUT2D eigenvalue weighted by Gasteiger charge is 2.23. The summed E-state index contributed by atoms with van der Waals surface area (Å²) in [5, 5.41) is 8.65. The SMILES string of the molecule is O=C(NC1CC1)c1ccc(-c2cnc3c(NCCc4cccs4)nc(-c4ccccc4)cn23)cc1. The highest BCUT2D eigenvalue weighted by atomic mass is 32.1. The number of nitrogens with one attached hydrogen (secondary N) is 2. The summed E-state index contributed by atoms with van der Waals surface area (Å²) in [6, 6.07) is 22.5. The highest BCUT2D eigenvalue weighted by molar-refractivity contribution is 7.09. The van der Waals surface area contributed by atoms with Crippen LogP contribution >= 0.6 is 11.3 Å². The second kappa shape index (κ2) is 9.35. The van der Waals surface area contributed by atoms with Crippen LogP contribution in [0.15, 0.2) is 84.5 Å². The van der Waals surface area contributed by atoms with Crippen LogP contribution in [-0.2, 0) is 6.42 Å². The van der Waals surface area contributed by atoms with Gasteiger partial charge in [-0.1, -0.05) is 48.5 Å². The summed E-state index contributed by atoms with van der Waals surface area (Å²) in [6.07, 6.45) is 6.99. The van der Waals surface area contributed by atoms with E-state index in [2.05, 4.69) is 44.7 Å². The Morgan fingerprint density at radius 3 is 2.57 bits per heavy atom. The van der Waals surface area contributed by atoms with Crippen LogP contribution in [0.25, 0.3) is 28.2 Å². The summed E-state index contributed by atoms with van der Waals surface area (Å²) >= 11 is 1.76. The Labute approximate surface area is 207 Å². The lowest BCUT2D eigenvalue weighted by Gasteiger charge is -2.11. The van der Waals surface area contributed by atoms with Crippen LogP contribution in [0.2, 0.25) is 0 Å². The third-order valence-corrected chi connectivity index (χ3v) is 7.10. The normalized spacial score (nSPS) is 13.1. The van der Waals surface area contributed by atoms with Crippen LogP contribution in [0.4, 0.5) is 5.82 Å². The summed E-state index contributed by atoms with van der Waals surface area (Å²) in [4.78, 5) is 23.4. The molecule has 3 heterocycles. The Bertz CT molecular complexity index is 1460. The first-order chi connectivity index (χ1) is 17.2. The molecule has 3 aromatic heterocycles. The van der Waals surface area contributed by atoms with Gasteiger partial charge < -0.3 is 10.6 Å². The van der Waals surface area contributed by atoms with E-state index in [4.69, 9.17) is 9.97 Å². The number of carbonyl (C=O) groups is 1. The van der Waals surface area contributed by atoms with Crippen molar-refractivity contribution in [2.45, 2.75) is 25.3 Å². The first-order valence-electron chi connectivity index (χ1n) is 11.9. The molecule has 0 aliphatic heterocycles. The number of hydrogen-bond donors (Lipinski definition) is 2. The predicted octanol–water partition coefficient (Wildman–Crippen LogP) is 5.67. The summed E-state index contributed by atoms with van der Waals surface area (Å²) in [5.74, 6) is 0.750. The maximum Gasteiger partial charge on any atom is 0.251 e. The molecular formula is C28H25N5OS. The van der Waals surface area contributed by atoms with Gasteiger partial charge in [-0.15, -0.1) is 11.3 Å². The van der Waals surface area contributed by atoms with E-state index in [0.717, 1.165) is 59.8 Å². The first kappa shape index (κ1) is 21.6. The molecule has 35 heavy (non-hydrogen) atoms. The van der Waals surface area contributed by atoms with E-state index in [1.807, 2.05) is 54.9 Å². The van der Waals surface area contributed by atoms with Gasteiger partial charge in [0.25, 0.3) is 5.91 Å². The van der Waals surface area contributed by atoms with Crippen LogP contribution in [-0.4, -0.2) is 32.9 Å². The van der Waals surface area contributed by atoms with Crippen molar-refractivity contribution in [3.05, 3.63) is 94.9 Å². The van der Waals surface area contributed by atoms with Crippen molar-refractivity contribution in [3.8, 4) is 22.5 Å². The lowest BCUT2D eigenvalue weighted by Crippen LogP contribution is -2.25. The second-order valence-electron chi connectivity index (χ2n) is 8.76. The number of nitrogens with zero attached hydrogens (tertiary/aromatic N) is 3. The fraction of sp³-hybridized carbons (Fsp3) is 0.179. The summed E-state index contributed by atoms with van der Waals surface area (Å²) in [7, 11) is 0. The Morgan fingerprint density at radius 2 is 1.83 bits per heavy atom. The van der Waals surface area contributed by atoms with Gasteiger partial charge in [0.2, 0.25) is 0 Å². The largest absolute Gasteiger partial charge is 0.367 e. The summed E-state index contributed by atoms with van der Waals surface area (Å²) in [6.45, 7) is 0.772. The molecule has 1 saturated carbocycles. The van der Waals surface area contributed by atoms with Crippen molar-refractivity contribution in [3.63, 3.8) is 0 Å². The number of anilines is 1. The molecule has 2 aromatic carbocycles. The standard InChI is InChI=1S/C28H25N5OS/c34-28(31-22-12-13-22)21-10-8-20(9-11-21)25-17-30-27-26(29-15-14-23-7-4-16-35-23)32-24(18-33(25)27)19-5-2-1-3-6-19/h1-11,16-18,22H,12-15H2,(H,29,32)(H,31,34). The number of amides is 1. The lowest BCUT2D eigenvalue weighted by atomic mass is 10.1. The van der Waals surface area contributed by atoms with Crippen molar-refractivity contribution in [2.24, 2.45) is 0 Å². The fourth-order valence-electron chi connectivity index (χ4n) is 4.12. The zero-order valence-electron chi connectivity index (χ0n) is 19.1. The smallest absolute Gasteiger partial charge is 0.251 e. The van der Waals surface area contributed by atoms with Gasteiger partial charge in [-0.05, 0) is 42.8 Å². The number of fused-ring (bicyclic) bond motifs is 1. The molecule has 1 amide bonds. The molecule has 1 fully saturated rings. The van der Waals surface area contributed by atoms with Gasteiger partial charge >= 0.3 is 0 Å². The number of aromatic nitrogens is 3. The number of carbonyl (C=O) groups excluding carboxylic acids is 1. The molecule has 0 radical (unpaired) electrons. The quantitative estimate of drug-likeness (QED) is 0.301. The molecule has 0 atom stereocenters. The van der Waals surface area contributed by atoms with E-state index in [-0.39, 0.29) is 5.91 Å². The van der Waals surface area contributed by atoms with Gasteiger partial charge in [-0.3, -0.25) is 9.20 Å². The molecular weight excluding hydrogens is 454 g/mol. The summed E-state index contributed by atoms with van der Waals surface area (Å²) in [5.41, 5.74) is 5.32. The second-order valence-corrected chi connectivity index (χ2v) is 9.79. The van der Waals surface area contributed by atoms with Gasteiger partial charge in [0.05, 0.1) is 17.6 Å². The van der Waals surface area contributed by atoms with E-state index in [0.29, 0.717) is 11.6 Å². The average Bonchev–Trinajstić information content (AvgIpc) is 3.37. The van der Waals surface area contributed by atoms with E-state index >= 15 is 0 Å². The van der Waals surface area contributed by atoms with Gasteiger partial charge in [0.15, 0.2) is 11.5 Å². The van der Waals surface area contributed by atoms with Crippen LogP contribution < -0.4 is 10.6 Å². The molecule has 2 N–H and O–H groups in total. The zero-order chi connectivity index (χ0) is 23.6. The number of rotatable bonds is 8. The molecule has 5 aromatic rings. The minimum absolute atomic E-state index is 0.00927. The van der Waals surface area contributed by atoms with E-state index < -0.39 is 0 Å². The van der Waals surface area contributed by atoms with Crippen molar-refractivity contribution in [1.82, 2.24) is 19.7 Å². The van der Waals surface area contributed by atoms with Crippen molar-refractivity contribution in [1.29, 1.82) is 0 Å². The van der Waals surface area contributed by atoms with Crippen LogP contribution in [0, 0.1) is 0 Å². The molecule has 0 bridgehead atoms. The molecule has 1 aliphatic carbocycles. The maximum absolute atomic E-state index is 12.4. The van der Waals surface area contributed by atoms with E-state index in [1.165, 1.54) is 4.88 Å². The van der Waals surface area contributed by atoms with Crippen LogP contribution in [0.5, 0.6) is 0 Å². The molecule has 0 unspecified atom stereocenters. The topological polar surface area (TPSA) is 71.3 Å². The number of imidazole rings is 1. The molecule has 0 spiro atoms. The average molecular weight is 480 g/mol. The predicted molar refractivity (Wildman–Crippen MR) is 141 cm³/mol. The molecule has 7 heteroatoms. The van der Waals surface area contributed by atoms with Gasteiger partial charge in [0.1, 0.15) is 0 Å². The maximum atomic E-state index is 12.4. The Morgan fingerprint density at radius 1 is 1.00 bits per heavy atom. The zero-order valence-corrected chi connectivity index (χ0v) is 20.0. The molecule has 174 valence electrons. The van der Waals surface area contributed by atoms with Crippen LogP contribution in [0.3, 0.4) is 0 Å². The van der Waals surface area contributed by atoms with E-state index in [1.54, 1.807) is 11.3 Å². The highest BCUT2D eigenvalue weighted by Crippen LogP contribution is 2.28. The Balaban J connectivity index is 1.34. The van der Waals surface area contributed by atoms with Gasteiger partial charge in [0, 0.05) is 40.4 Å². The lowest BCUT2D eigenvalue weighted by molar-refractivity contribution is 0.0951. The third kappa shape index (κ3) is 4.68. The number of thiophene rings is 1. The number of benzene rings is 2. The van der Waals surface area contributed by atoms with Crippen molar-refractivity contribution >= 4 is 28.7 Å².